The predicted octanol–water partition coefficient (Wildman–Crippen LogP) is 2.55. The van der Waals surface area contributed by atoms with Crippen molar-refractivity contribution in [1.82, 2.24) is 10.2 Å². The number of benzene rings is 1. The van der Waals surface area contributed by atoms with Gasteiger partial charge in [0.05, 0.1) is 7.11 Å². The van der Waals surface area contributed by atoms with Crippen molar-refractivity contribution < 1.29 is 9.53 Å². The van der Waals surface area contributed by atoms with E-state index in [1.54, 1.807) is 7.11 Å². The number of piperidine rings is 1. The second-order valence-corrected chi connectivity index (χ2v) is 5.46. The molecule has 0 bridgehead atoms. The minimum absolute atomic E-state index is 0.0312. The van der Waals surface area contributed by atoms with Gasteiger partial charge < -0.3 is 20.3 Å². The van der Waals surface area contributed by atoms with E-state index in [1.165, 1.54) is 0 Å². The van der Waals surface area contributed by atoms with Crippen LogP contribution in [0.5, 0.6) is 5.75 Å². The number of methoxy groups -OCH3 is 1. The van der Waals surface area contributed by atoms with E-state index in [2.05, 4.69) is 17.6 Å². The average molecular weight is 291 g/mol. The maximum atomic E-state index is 12.4. The van der Waals surface area contributed by atoms with E-state index in [1.807, 2.05) is 36.2 Å². The lowest BCUT2D eigenvalue weighted by Crippen LogP contribution is -2.51. The molecule has 2 unspecified atom stereocenters. The van der Waals surface area contributed by atoms with Gasteiger partial charge in [0.2, 0.25) is 0 Å². The largest absolute Gasteiger partial charge is 0.497 e. The Morgan fingerprint density at radius 2 is 2.29 bits per heavy atom. The molecule has 1 aromatic carbocycles. The molecule has 1 aliphatic rings. The molecule has 1 saturated heterocycles. The molecule has 2 atom stereocenters. The van der Waals surface area contributed by atoms with E-state index < -0.39 is 0 Å². The van der Waals surface area contributed by atoms with Crippen LogP contribution in [0, 0.1) is 5.92 Å². The quantitative estimate of drug-likeness (QED) is 0.896. The fraction of sp³-hybridized carbons (Fsp3) is 0.562. The number of urea groups is 1. The van der Waals surface area contributed by atoms with Crippen LogP contribution in [0.3, 0.4) is 0 Å². The van der Waals surface area contributed by atoms with E-state index in [9.17, 15) is 4.79 Å². The van der Waals surface area contributed by atoms with Crippen LogP contribution in [0.15, 0.2) is 24.3 Å². The number of nitrogens with zero attached hydrogens (tertiary/aromatic N) is 1. The number of hydrogen-bond acceptors (Lipinski definition) is 3. The normalized spacial score (nSPS) is 22.0. The van der Waals surface area contributed by atoms with Crippen molar-refractivity contribution in [3.8, 4) is 5.75 Å². The predicted molar refractivity (Wildman–Crippen MR) is 84.8 cm³/mol. The average Bonchev–Trinajstić information content (AvgIpc) is 2.54. The number of amides is 2. The summed E-state index contributed by atoms with van der Waals surface area (Å²) in [6, 6.07) is 7.91. The van der Waals surface area contributed by atoms with Crippen LogP contribution in [0.4, 0.5) is 10.5 Å². The molecular weight excluding hydrogens is 266 g/mol. The Bertz CT molecular complexity index is 478. The highest BCUT2D eigenvalue weighted by atomic mass is 16.5. The molecule has 2 N–H and O–H groups in total. The molecule has 21 heavy (non-hydrogen) atoms. The van der Waals surface area contributed by atoms with Gasteiger partial charge in [-0.25, -0.2) is 4.79 Å². The number of nitrogens with one attached hydrogen (secondary N) is 2. The molecule has 1 aromatic rings. The van der Waals surface area contributed by atoms with Gasteiger partial charge in [-0.15, -0.1) is 0 Å². The third-order valence-corrected chi connectivity index (χ3v) is 4.24. The van der Waals surface area contributed by atoms with Crippen LogP contribution in [0.2, 0.25) is 0 Å². The van der Waals surface area contributed by atoms with E-state index in [4.69, 9.17) is 4.74 Å². The lowest BCUT2D eigenvalue weighted by atomic mass is 9.90. The minimum Gasteiger partial charge on any atom is -0.497 e. The summed E-state index contributed by atoms with van der Waals surface area (Å²) >= 11 is 0. The summed E-state index contributed by atoms with van der Waals surface area (Å²) in [5.41, 5.74) is 0.767. The summed E-state index contributed by atoms with van der Waals surface area (Å²) in [5, 5.41) is 6.30. The molecule has 0 radical (unpaired) electrons. The van der Waals surface area contributed by atoms with E-state index >= 15 is 0 Å². The van der Waals surface area contributed by atoms with E-state index in [-0.39, 0.29) is 6.03 Å². The SMILES string of the molecule is CCC1CN(C(=O)Nc2cccc(OC)c2)CCC1NC. The first kappa shape index (κ1) is 15.6. The van der Waals surface area contributed by atoms with Crippen LogP contribution in [-0.4, -0.2) is 44.2 Å². The van der Waals surface area contributed by atoms with Gasteiger partial charge in [-0.2, -0.15) is 0 Å². The van der Waals surface area contributed by atoms with Crippen LogP contribution < -0.4 is 15.4 Å². The Hall–Kier alpha value is -1.75. The zero-order chi connectivity index (χ0) is 15.2. The van der Waals surface area contributed by atoms with Gasteiger partial charge in [-0.05, 0) is 31.5 Å². The third-order valence-electron chi connectivity index (χ3n) is 4.24. The van der Waals surface area contributed by atoms with Gasteiger partial charge in [-0.3, -0.25) is 0 Å². The fourth-order valence-electron chi connectivity index (χ4n) is 2.91. The van der Waals surface area contributed by atoms with Crippen molar-refractivity contribution in [2.75, 3.05) is 32.6 Å². The summed E-state index contributed by atoms with van der Waals surface area (Å²) in [6.07, 6.45) is 2.08. The molecule has 5 nitrogen and oxygen atoms in total. The fourth-order valence-corrected chi connectivity index (χ4v) is 2.91. The first-order valence-corrected chi connectivity index (χ1v) is 7.55. The number of hydrogen-bond donors (Lipinski definition) is 2. The molecule has 116 valence electrons. The molecule has 1 fully saturated rings. The number of ether oxygens (including phenoxy) is 1. The maximum absolute atomic E-state index is 12.4. The van der Waals surface area contributed by atoms with Gasteiger partial charge in [0.15, 0.2) is 0 Å². The molecular formula is C16H25N3O2. The second kappa shape index (κ2) is 7.31. The van der Waals surface area contributed by atoms with Crippen LogP contribution in [-0.2, 0) is 0 Å². The number of carbonyl (C=O) groups excluding carboxylic acids is 1. The lowest BCUT2D eigenvalue weighted by molar-refractivity contribution is 0.154. The number of likely N-dealkylation sites (tertiary alicyclic amines) is 1. The molecule has 0 aliphatic carbocycles. The lowest BCUT2D eigenvalue weighted by Gasteiger charge is -2.38. The number of anilines is 1. The summed E-state index contributed by atoms with van der Waals surface area (Å²) < 4.78 is 5.17. The van der Waals surface area contributed by atoms with Gasteiger partial charge in [-0.1, -0.05) is 19.4 Å². The van der Waals surface area contributed by atoms with E-state index in [0.29, 0.717) is 12.0 Å². The Labute approximate surface area is 126 Å². The highest BCUT2D eigenvalue weighted by molar-refractivity contribution is 5.89. The number of rotatable bonds is 4. The monoisotopic (exact) mass is 291 g/mol. The van der Waals surface area contributed by atoms with Gasteiger partial charge >= 0.3 is 6.03 Å². The molecule has 0 spiro atoms. The molecule has 0 saturated carbocycles. The van der Waals surface area contributed by atoms with Crippen molar-refractivity contribution in [2.24, 2.45) is 5.92 Å². The summed E-state index contributed by atoms with van der Waals surface area (Å²) in [4.78, 5) is 14.3. The first-order valence-electron chi connectivity index (χ1n) is 7.55. The zero-order valence-corrected chi connectivity index (χ0v) is 13.1. The molecule has 1 aliphatic heterocycles. The standard InChI is InChI=1S/C16H25N3O2/c1-4-12-11-19(9-8-15(12)17-2)16(20)18-13-6-5-7-14(10-13)21-3/h5-7,10,12,15,17H,4,8-9,11H2,1-3H3,(H,18,20). The van der Waals surface area contributed by atoms with Gasteiger partial charge in [0.25, 0.3) is 0 Å². The van der Waals surface area contributed by atoms with Gasteiger partial charge in [0, 0.05) is 30.9 Å². The molecule has 5 heteroatoms. The summed E-state index contributed by atoms with van der Waals surface area (Å²) in [5.74, 6) is 1.26. The molecule has 2 amide bonds. The van der Waals surface area contributed by atoms with Crippen molar-refractivity contribution in [1.29, 1.82) is 0 Å². The van der Waals surface area contributed by atoms with Crippen molar-refractivity contribution >= 4 is 11.7 Å². The van der Waals surface area contributed by atoms with Crippen LogP contribution >= 0.6 is 0 Å². The smallest absolute Gasteiger partial charge is 0.321 e. The third kappa shape index (κ3) is 3.88. The Balaban J connectivity index is 1.97. The first-order chi connectivity index (χ1) is 10.2. The van der Waals surface area contributed by atoms with Crippen molar-refractivity contribution in [2.45, 2.75) is 25.8 Å². The molecule has 0 aromatic heterocycles. The van der Waals surface area contributed by atoms with Crippen molar-refractivity contribution in [3.05, 3.63) is 24.3 Å². The summed E-state index contributed by atoms with van der Waals surface area (Å²) in [7, 11) is 3.62. The minimum atomic E-state index is -0.0312. The zero-order valence-electron chi connectivity index (χ0n) is 13.1. The topological polar surface area (TPSA) is 53.6 Å². The Morgan fingerprint density at radius 3 is 2.95 bits per heavy atom. The van der Waals surface area contributed by atoms with Crippen molar-refractivity contribution in [3.63, 3.8) is 0 Å². The maximum Gasteiger partial charge on any atom is 0.321 e. The second-order valence-electron chi connectivity index (χ2n) is 5.46. The number of carbonyl (C=O) groups is 1. The Kier molecular flexibility index (Phi) is 5.44. The highest BCUT2D eigenvalue weighted by Gasteiger charge is 2.29. The molecule has 1 heterocycles. The van der Waals surface area contributed by atoms with Crippen LogP contribution in [0.25, 0.3) is 0 Å². The van der Waals surface area contributed by atoms with Crippen LogP contribution in [0.1, 0.15) is 19.8 Å². The summed E-state index contributed by atoms with van der Waals surface area (Å²) in [6.45, 7) is 3.77. The van der Waals surface area contributed by atoms with E-state index in [0.717, 1.165) is 37.4 Å². The van der Waals surface area contributed by atoms with Gasteiger partial charge in [0.1, 0.15) is 5.75 Å². The Morgan fingerprint density at radius 1 is 1.48 bits per heavy atom. The highest BCUT2D eigenvalue weighted by Crippen LogP contribution is 2.22. The molecule has 2 rings (SSSR count).